The third-order valence-electron chi connectivity index (χ3n) is 6.34. The molecule has 2 N–H and O–H groups in total. The van der Waals surface area contributed by atoms with Gasteiger partial charge in [-0.1, -0.05) is 30.3 Å². The Morgan fingerprint density at radius 1 is 1.02 bits per heavy atom. The quantitative estimate of drug-likeness (QED) is 0.220. The maximum Gasteiger partial charge on any atom is 0.416 e. The SMILES string of the molecule is COCC(Cc1ccc(O)cc1)=NC(=O)c1cc(NS(=O)(=O)C(C)C)c2cc(-c3cccc(C(F)(F)F)c3)ccc2n1. The number of nitrogens with one attached hydrogen (secondary N) is 1. The molecule has 0 aliphatic rings. The van der Waals surface area contributed by atoms with Crippen LogP contribution >= 0.6 is 0 Å². The van der Waals surface area contributed by atoms with Gasteiger partial charge in [-0.05, 0) is 73.0 Å². The number of rotatable bonds is 9. The standard InChI is InChI=1S/C30H28F3N3O5S/c1-18(2)42(39,40)36-27-16-28(29(38)34-23(17-41-3)13-19-7-10-24(37)11-8-19)35-26-12-9-21(15-25(26)27)20-5-4-6-22(14-20)30(31,32)33/h4-12,14-16,18,37H,13,17H2,1-3H3,(H,35,36). The number of aromatic nitrogens is 1. The third-order valence-corrected chi connectivity index (χ3v) is 8.08. The summed E-state index contributed by atoms with van der Waals surface area (Å²) in [7, 11) is -2.43. The van der Waals surface area contributed by atoms with E-state index in [9.17, 15) is 31.5 Å². The molecule has 0 spiro atoms. The summed E-state index contributed by atoms with van der Waals surface area (Å²) in [6, 6.07) is 17.0. The number of hydrogen-bond donors (Lipinski definition) is 2. The first-order valence-corrected chi connectivity index (χ1v) is 14.3. The maximum atomic E-state index is 13.3. The van der Waals surface area contributed by atoms with Crippen LogP contribution in [0.1, 0.15) is 35.5 Å². The lowest BCUT2D eigenvalue weighted by atomic mass is 10.0. The van der Waals surface area contributed by atoms with Crippen molar-refractivity contribution >= 4 is 38.2 Å². The van der Waals surface area contributed by atoms with E-state index in [-0.39, 0.29) is 46.6 Å². The van der Waals surface area contributed by atoms with Crippen LogP contribution in [0.3, 0.4) is 0 Å². The van der Waals surface area contributed by atoms with Crippen LogP contribution in [0.5, 0.6) is 5.75 Å². The fraction of sp³-hybridized carbons (Fsp3) is 0.233. The van der Waals surface area contributed by atoms with Gasteiger partial charge in [-0.25, -0.2) is 18.4 Å². The van der Waals surface area contributed by atoms with Gasteiger partial charge in [0.05, 0.1) is 34.3 Å². The van der Waals surface area contributed by atoms with Gasteiger partial charge in [0, 0.05) is 18.9 Å². The van der Waals surface area contributed by atoms with Crippen LogP contribution in [0.2, 0.25) is 0 Å². The van der Waals surface area contributed by atoms with Crippen LogP contribution in [0.4, 0.5) is 18.9 Å². The predicted octanol–water partition coefficient (Wildman–Crippen LogP) is 6.25. The molecule has 12 heteroatoms. The highest BCUT2D eigenvalue weighted by Gasteiger charge is 2.30. The topological polar surface area (TPSA) is 118 Å². The predicted molar refractivity (Wildman–Crippen MR) is 155 cm³/mol. The first-order chi connectivity index (χ1) is 19.8. The first-order valence-electron chi connectivity index (χ1n) is 12.8. The first kappa shape index (κ1) is 30.7. The van der Waals surface area contributed by atoms with Crippen molar-refractivity contribution in [2.24, 2.45) is 4.99 Å². The van der Waals surface area contributed by atoms with E-state index in [1.165, 1.54) is 63.4 Å². The Morgan fingerprint density at radius 2 is 1.71 bits per heavy atom. The van der Waals surface area contributed by atoms with Gasteiger partial charge in [0.25, 0.3) is 5.91 Å². The van der Waals surface area contributed by atoms with Crippen molar-refractivity contribution in [3.05, 3.63) is 89.6 Å². The van der Waals surface area contributed by atoms with E-state index < -0.39 is 32.9 Å². The molecule has 42 heavy (non-hydrogen) atoms. The minimum Gasteiger partial charge on any atom is -0.508 e. The molecule has 4 aromatic rings. The molecule has 4 rings (SSSR count). The summed E-state index contributed by atoms with van der Waals surface area (Å²) < 4.78 is 73.3. The van der Waals surface area contributed by atoms with E-state index in [0.29, 0.717) is 11.3 Å². The molecule has 0 saturated heterocycles. The normalized spacial score (nSPS) is 12.6. The van der Waals surface area contributed by atoms with Crippen LogP contribution < -0.4 is 4.72 Å². The number of carbonyl (C=O) groups excluding carboxylic acids is 1. The van der Waals surface area contributed by atoms with Crippen LogP contribution in [0.25, 0.3) is 22.0 Å². The number of fused-ring (bicyclic) bond motifs is 1. The largest absolute Gasteiger partial charge is 0.508 e. The lowest BCUT2D eigenvalue weighted by Crippen LogP contribution is -2.23. The molecule has 220 valence electrons. The van der Waals surface area contributed by atoms with Gasteiger partial charge in [-0.2, -0.15) is 13.2 Å². The number of amides is 1. The van der Waals surface area contributed by atoms with Gasteiger partial charge in [0.2, 0.25) is 10.0 Å². The molecule has 8 nitrogen and oxygen atoms in total. The summed E-state index contributed by atoms with van der Waals surface area (Å²) in [4.78, 5) is 21.8. The Labute approximate surface area is 241 Å². The summed E-state index contributed by atoms with van der Waals surface area (Å²) in [5, 5.41) is 9.00. The van der Waals surface area contributed by atoms with Gasteiger partial charge in [0.1, 0.15) is 11.4 Å². The maximum absolute atomic E-state index is 13.3. The summed E-state index contributed by atoms with van der Waals surface area (Å²) in [6.45, 7) is 3.00. The van der Waals surface area contributed by atoms with Gasteiger partial charge < -0.3 is 9.84 Å². The summed E-state index contributed by atoms with van der Waals surface area (Å²) in [6.07, 6.45) is -4.28. The molecule has 1 aromatic heterocycles. The van der Waals surface area contributed by atoms with Crippen molar-refractivity contribution in [2.75, 3.05) is 18.4 Å². The van der Waals surface area contributed by atoms with E-state index >= 15 is 0 Å². The van der Waals surface area contributed by atoms with Gasteiger partial charge in [-0.3, -0.25) is 9.52 Å². The summed E-state index contributed by atoms with van der Waals surface area (Å²) in [5.74, 6) is -0.650. The molecule has 0 saturated carbocycles. The molecule has 0 bridgehead atoms. The molecule has 0 aliphatic carbocycles. The number of methoxy groups -OCH3 is 1. The lowest BCUT2D eigenvalue weighted by molar-refractivity contribution is -0.137. The van der Waals surface area contributed by atoms with Gasteiger partial charge in [-0.15, -0.1) is 0 Å². The molecule has 0 radical (unpaired) electrons. The number of nitrogens with zero attached hydrogens (tertiary/aromatic N) is 2. The molecule has 0 aliphatic heterocycles. The fourth-order valence-electron chi connectivity index (χ4n) is 4.09. The van der Waals surface area contributed by atoms with Gasteiger partial charge in [0.15, 0.2) is 0 Å². The molecule has 0 atom stereocenters. The Kier molecular flexibility index (Phi) is 8.97. The molecular formula is C30H28F3N3O5S. The zero-order valence-corrected chi connectivity index (χ0v) is 23.8. The van der Waals surface area contributed by atoms with Crippen molar-refractivity contribution in [1.82, 2.24) is 4.98 Å². The molecule has 1 amide bonds. The van der Waals surface area contributed by atoms with E-state index in [1.54, 1.807) is 18.2 Å². The number of sulfonamides is 1. The Bertz CT molecular complexity index is 1750. The Morgan fingerprint density at radius 3 is 2.36 bits per heavy atom. The fourth-order valence-corrected chi connectivity index (χ4v) is 4.80. The number of carbonyl (C=O) groups is 1. The Balaban J connectivity index is 1.80. The second-order valence-corrected chi connectivity index (χ2v) is 12.1. The zero-order valence-electron chi connectivity index (χ0n) is 22.9. The third kappa shape index (κ3) is 7.31. The number of phenols is 1. The molecule has 3 aromatic carbocycles. The van der Waals surface area contributed by atoms with Crippen LogP contribution in [-0.4, -0.2) is 49.1 Å². The van der Waals surface area contributed by atoms with Crippen LogP contribution in [-0.2, 0) is 27.4 Å². The van der Waals surface area contributed by atoms with Crippen LogP contribution in [0, 0.1) is 0 Å². The number of anilines is 1. The summed E-state index contributed by atoms with van der Waals surface area (Å²) in [5.41, 5.74) is 1.12. The van der Waals surface area contributed by atoms with Crippen molar-refractivity contribution in [3.63, 3.8) is 0 Å². The smallest absolute Gasteiger partial charge is 0.416 e. The number of phenolic OH excluding ortho intramolecular Hbond substituents is 1. The minimum atomic E-state index is -4.54. The molecule has 1 heterocycles. The number of aliphatic imine (C=N–C) groups is 1. The number of ether oxygens (including phenoxy) is 1. The van der Waals surface area contributed by atoms with E-state index in [2.05, 4.69) is 14.7 Å². The van der Waals surface area contributed by atoms with E-state index in [4.69, 9.17) is 4.74 Å². The Hall–Kier alpha value is -4.29. The number of benzene rings is 3. The van der Waals surface area contributed by atoms with Crippen molar-refractivity contribution in [2.45, 2.75) is 31.7 Å². The van der Waals surface area contributed by atoms with E-state index in [0.717, 1.165) is 17.7 Å². The van der Waals surface area contributed by atoms with Gasteiger partial charge >= 0.3 is 6.18 Å². The van der Waals surface area contributed by atoms with Crippen molar-refractivity contribution < 1.29 is 36.2 Å². The average Bonchev–Trinajstić information content (AvgIpc) is 2.93. The number of halogens is 3. The highest BCUT2D eigenvalue weighted by Crippen LogP contribution is 2.34. The second-order valence-electron chi connectivity index (χ2n) is 9.82. The molecule has 0 unspecified atom stereocenters. The number of aromatic hydroxyl groups is 1. The summed E-state index contributed by atoms with van der Waals surface area (Å²) >= 11 is 0. The number of alkyl halides is 3. The second kappa shape index (κ2) is 12.3. The zero-order chi connectivity index (χ0) is 30.7. The lowest BCUT2D eigenvalue weighted by Gasteiger charge is -2.15. The molecular weight excluding hydrogens is 571 g/mol. The number of pyridine rings is 1. The minimum absolute atomic E-state index is 0.0351. The molecule has 0 fully saturated rings. The number of hydrogen-bond acceptors (Lipinski definition) is 6. The monoisotopic (exact) mass is 599 g/mol. The van der Waals surface area contributed by atoms with Crippen molar-refractivity contribution in [1.29, 1.82) is 0 Å². The highest BCUT2D eigenvalue weighted by atomic mass is 32.2. The highest BCUT2D eigenvalue weighted by molar-refractivity contribution is 7.93. The van der Waals surface area contributed by atoms with E-state index in [1.807, 2.05) is 0 Å². The van der Waals surface area contributed by atoms with Crippen LogP contribution in [0.15, 0.2) is 77.8 Å². The van der Waals surface area contributed by atoms with Crippen molar-refractivity contribution in [3.8, 4) is 16.9 Å². The average molecular weight is 600 g/mol.